The van der Waals surface area contributed by atoms with Gasteiger partial charge in [-0.3, -0.25) is 20.2 Å². The molecule has 9 nitrogen and oxygen atoms in total. The largest absolute Gasteiger partial charge is 0.461 e. The lowest BCUT2D eigenvalue weighted by Crippen LogP contribution is -2.14. The average molecular weight is 338 g/mol. The molecular formula is C13H14N4O5S. The summed E-state index contributed by atoms with van der Waals surface area (Å²) in [5.74, 6) is -1.05. The van der Waals surface area contributed by atoms with Crippen LogP contribution in [-0.4, -0.2) is 33.4 Å². The molecule has 0 fully saturated rings. The summed E-state index contributed by atoms with van der Waals surface area (Å²) in [4.78, 5) is 40.8. The van der Waals surface area contributed by atoms with E-state index in [1.54, 1.807) is 20.8 Å². The first-order valence-corrected chi connectivity index (χ1v) is 7.44. The standard InChI is InChI=1S/C13H14N4O5S/c1-4-22-12(19)10-6(2)9(7(3)15-10)11(18)16-13-14-5-8(23-13)17(20)21/h5,15H,4H2,1-3H3,(H,14,16,18). The average Bonchev–Trinajstić information content (AvgIpc) is 3.04. The van der Waals surface area contributed by atoms with E-state index >= 15 is 0 Å². The number of anilines is 1. The number of aromatic amines is 1. The molecule has 0 aliphatic rings. The Hall–Kier alpha value is -2.75. The lowest BCUT2D eigenvalue weighted by atomic mass is 10.1. The van der Waals surface area contributed by atoms with E-state index in [4.69, 9.17) is 4.74 Å². The molecule has 122 valence electrons. The van der Waals surface area contributed by atoms with Gasteiger partial charge in [0.15, 0.2) is 5.13 Å². The summed E-state index contributed by atoms with van der Waals surface area (Å²) in [6, 6.07) is 0. The number of hydrogen-bond donors (Lipinski definition) is 2. The maximum Gasteiger partial charge on any atom is 0.355 e. The Balaban J connectivity index is 2.25. The third kappa shape index (κ3) is 3.37. The van der Waals surface area contributed by atoms with Gasteiger partial charge in [-0.1, -0.05) is 0 Å². The predicted molar refractivity (Wildman–Crippen MR) is 82.9 cm³/mol. The van der Waals surface area contributed by atoms with Crippen molar-refractivity contribution < 1.29 is 19.2 Å². The van der Waals surface area contributed by atoms with Crippen LogP contribution in [0.25, 0.3) is 0 Å². The SMILES string of the molecule is CCOC(=O)c1[nH]c(C)c(C(=O)Nc2ncc([N+](=O)[O-])s2)c1C. The molecule has 0 saturated carbocycles. The van der Waals surface area contributed by atoms with Gasteiger partial charge in [-0.15, -0.1) is 0 Å². The molecule has 0 aliphatic heterocycles. The van der Waals surface area contributed by atoms with Crippen molar-refractivity contribution in [1.29, 1.82) is 0 Å². The molecule has 1 amide bonds. The fraction of sp³-hybridized carbons (Fsp3) is 0.308. The number of thiazole rings is 1. The Labute approximate surface area is 134 Å². The lowest BCUT2D eigenvalue weighted by Gasteiger charge is -2.03. The smallest absolute Gasteiger partial charge is 0.355 e. The second-order valence-corrected chi connectivity index (χ2v) is 5.57. The highest BCUT2D eigenvalue weighted by molar-refractivity contribution is 7.18. The highest BCUT2D eigenvalue weighted by atomic mass is 32.1. The fourth-order valence-corrected chi connectivity index (χ4v) is 2.69. The van der Waals surface area contributed by atoms with E-state index in [2.05, 4.69) is 15.3 Å². The maximum absolute atomic E-state index is 12.3. The number of hydrogen-bond acceptors (Lipinski definition) is 7. The van der Waals surface area contributed by atoms with Crippen molar-refractivity contribution in [3.63, 3.8) is 0 Å². The highest BCUT2D eigenvalue weighted by Gasteiger charge is 2.24. The zero-order valence-electron chi connectivity index (χ0n) is 12.6. The van der Waals surface area contributed by atoms with Crippen LogP contribution in [0.4, 0.5) is 10.1 Å². The van der Waals surface area contributed by atoms with Crippen LogP contribution in [0.3, 0.4) is 0 Å². The fourth-order valence-electron chi connectivity index (χ4n) is 2.07. The number of nitro groups is 1. The zero-order chi connectivity index (χ0) is 17.1. The van der Waals surface area contributed by atoms with Gasteiger partial charge in [0.2, 0.25) is 0 Å². The summed E-state index contributed by atoms with van der Waals surface area (Å²) in [5.41, 5.74) is 1.43. The number of nitrogens with one attached hydrogen (secondary N) is 2. The van der Waals surface area contributed by atoms with Crippen molar-refractivity contribution >= 4 is 33.3 Å². The summed E-state index contributed by atoms with van der Waals surface area (Å²) in [5, 5.41) is 13.1. The third-order valence-corrected chi connectivity index (χ3v) is 3.90. The second-order valence-electron chi connectivity index (χ2n) is 4.56. The van der Waals surface area contributed by atoms with Crippen LogP contribution in [0.1, 0.15) is 39.0 Å². The van der Waals surface area contributed by atoms with Gasteiger partial charge in [-0.25, -0.2) is 9.78 Å². The molecule has 2 aromatic rings. The van der Waals surface area contributed by atoms with Crippen LogP contribution in [0, 0.1) is 24.0 Å². The molecule has 0 aliphatic carbocycles. The van der Waals surface area contributed by atoms with Gasteiger partial charge in [0.25, 0.3) is 5.91 Å². The number of H-pyrrole nitrogens is 1. The van der Waals surface area contributed by atoms with Crippen molar-refractivity contribution in [2.45, 2.75) is 20.8 Å². The summed E-state index contributed by atoms with van der Waals surface area (Å²) in [6.45, 7) is 5.18. The van der Waals surface area contributed by atoms with Crippen LogP contribution in [0.5, 0.6) is 0 Å². The summed E-state index contributed by atoms with van der Waals surface area (Å²) in [6.07, 6.45) is 1.07. The molecular weight excluding hydrogens is 324 g/mol. The van der Waals surface area contributed by atoms with Crippen LogP contribution < -0.4 is 5.32 Å². The Morgan fingerprint density at radius 1 is 1.48 bits per heavy atom. The number of nitrogens with zero attached hydrogens (tertiary/aromatic N) is 2. The van der Waals surface area contributed by atoms with Crippen molar-refractivity contribution in [2.75, 3.05) is 11.9 Å². The van der Waals surface area contributed by atoms with Crippen molar-refractivity contribution in [1.82, 2.24) is 9.97 Å². The molecule has 0 radical (unpaired) electrons. The van der Waals surface area contributed by atoms with E-state index in [0.717, 1.165) is 17.5 Å². The molecule has 0 spiro atoms. The predicted octanol–water partition coefficient (Wildman–Crippen LogP) is 2.43. The number of aromatic nitrogens is 2. The van der Waals surface area contributed by atoms with Crippen LogP contribution in [-0.2, 0) is 4.74 Å². The Bertz CT molecular complexity index is 779. The molecule has 0 unspecified atom stereocenters. The number of esters is 1. The molecule has 2 N–H and O–H groups in total. The van der Waals surface area contributed by atoms with E-state index in [-0.39, 0.29) is 28.0 Å². The molecule has 2 aromatic heterocycles. The number of carbonyl (C=O) groups is 2. The number of ether oxygens (including phenoxy) is 1. The van der Waals surface area contributed by atoms with Crippen molar-refractivity contribution in [3.8, 4) is 0 Å². The van der Waals surface area contributed by atoms with Gasteiger partial charge < -0.3 is 9.72 Å². The highest BCUT2D eigenvalue weighted by Crippen LogP contribution is 2.26. The van der Waals surface area contributed by atoms with Gasteiger partial charge in [-0.05, 0) is 37.7 Å². The third-order valence-electron chi connectivity index (χ3n) is 3.04. The number of aryl methyl sites for hydroxylation is 1. The van der Waals surface area contributed by atoms with Gasteiger partial charge in [0, 0.05) is 5.69 Å². The molecule has 2 heterocycles. The number of carbonyl (C=O) groups excluding carboxylic acids is 2. The molecule has 0 bridgehead atoms. The first kappa shape index (κ1) is 16.6. The zero-order valence-corrected chi connectivity index (χ0v) is 13.4. The summed E-state index contributed by atoms with van der Waals surface area (Å²) >= 11 is 0.753. The Morgan fingerprint density at radius 2 is 2.17 bits per heavy atom. The topological polar surface area (TPSA) is 127 Å². The second kappa shape index (κ2) is 6.57. The minimum atomic E-state index is -0.584. The van der Waals surface area contributed by atoms with Gasteiger partial charge in [0.1, 0.15) is 11.9 Å². The molecule has 23 heavy (non-hydrogen) atoms. The van der Waals surface area contributed by atoms with E-state index in [1.807, 2.05) is 0 Å². The van der Waals surface area contributed by atoms with Gasteiger partial charge in [0.05, 0.1) is 17.1 Å². The molecule has 0 aromatic carbocycles. The number of rotatable bonds is 5. The van der Waals surface area contributed by atoms with Gasteiger partial charge in [-0.2, -0.15) is 0 Å². The Morgan fingerprint density at radius 3 is 2.74 bits per heavy atom. The minimum absolute atomic E-state index is 0.111. The normalized spacial score (nSPS) is 10.4. The van der Waals surface area contributed by atoms with E-state index in [0.29, 0.717) is 11.3 Å². The van der Waals surface area contributed by atoms with Crippen LogP contribution in [0.2, 0.25) is 0 Å². The minimum Gasteiger partial charge on any atom is -0.461 e. The van der Waals surface area contributed by atoms with Crippen molar-refractivity contribution in [2.24, 2.45) is 0 Å². The first-order valence-electron chi connectivity index (χ1n) is 6.63. The monoisotopic (exact) mass is 338 g/mol. The maximum atomic E-state index is 12.3. The number of amides is 1. The Kier molecular flexibility index (Phi) is 4.74. The molecule has 2 rings (SSSR count). The first-order chi connectivity index (χ1) is 10.8. The summed E-state index contributed by atoms with van der Waals surface area (Å²) < 4.78 is 4.92. The lowest BCUT2D eigenvalue weighted by molar-refractivity contribution is -0.380. The quantitative estimate of drug-likeness (QED) is 0.489. The van der Waals surface area contributed by atoms with E-state index in [1.165, 1.54) is 0 Å². The van der Waals surface area contributed by atoms with E-state index in [9.17, 15) is 19.7 Å². The molecule has 10 heteroatoms. The molecule has 0 saturated heterocycles. The van der Waals surface area contributed by atoms with Crippen LogP contribution >= 0.6 is 11.3 Å². The molecule has 0 atom stereocenters. The van der Waals surface area contributed by atoms with E-state index < -0.39 is 16.8 Å². The van der Waals surface area contributed by atoms with Gasteiger partial charge >= 0.3 is 11.0 Å². The summed E-state index contributed by atoms with van der Waals surface area (Å²) in [7, 11) is 0. The van der Waals surface area contributed by atoms with Crippen molar-refractivity contribution in [3.05, 3.63) is 38.8 Å². The van der Waals surface area contributed by atoms with Crippen LogP contribution in [0.15, 0.2) is 6.20 Å².